The van der Waals surface area contributed by atoms with Gasteiger partial charge in [0, 0.05) is 6.54 Å². The van der Waals surface area contributed by atoms with Crippen LogP contribution in [0.1, 0.15) is 0 Å². The number of hydrogen-bond donors (Lipinski definition) is 1. The van der Waals surface area contributed by atoms with Crippen molar-refractivity contribution in [2.75, 3.05) is 26.3 Å². The van der Waals surface area contributed by atoms with Crippen LogP contribution in [0.4, 0.5) is 4.79 Å². The van der Waals surface area contributed by atoms with Crippen LogP contribution in [0.15, 0.2) is 12.7 Å². The molecule has 0 spiro atoms. The number of nitrogens with zero attached hydrogens (tertiary/aromatic N) is 1. The molecule has 0 aromatic rings. The average molecular weight is 215 g/mol. The molecule has 1 rings (SSSR count). The number of morpholine rings is 1. The maximum atomic E-state index is 11.3. The van der Waals surface area contributed by atoms with E-state index in [0.717, 1.165) is 0 Å². The molecule has 1 atom stereocenters. The third-order valence-corrected chi connectivity index (χ3v) is 1.92. The van der Waals surface area contributed by atoms with Gasteiger partial charge in [-0.05, 0) is 0 Å². The van der Waals surface area contributed by atoms with Crippen LogP contribution in [0.3, 0.4) is 0 Å². The van der Waals surface area contributed by atoms with Crippen molar-refractivity contribution < 1.29 is 24.2 Å². The van der Waals surface area contributed by atoms with E-state index in [9.17, 15) is 9.59 Å². The smallest absolute Gasteiger partial charge is 0.410 e. The summed E-state index contributed by atoms with van der Waals surface area (Å²) in [5.41, 5.74) is 0. The van der Waals surface area contributed by atoms with Crippen LogP contribution in [0.25, 0.3) is 0 Å². The number of carbonyl (C=O) groups is 2. The molecule has 1 aliphatic heterocycles. The summed E-state index contributed by atoms with van der Waals surface area (Å²) in [4.78, 5) is 23.3. The highest BCUT2D eigenvalue weighted by Crippen LogP contribution is 2.06. The average Bonchev–Trinajstić information content (AvgIpc) is 2.26. The molecule has 1 heterocycles. The van der Waals surface area contributed by atoms with Crippen LogP contribution in [0.2, 0.25) is 0 Å². The molecule has 6 heteroatoms. The zero-order valence-corrected chi connectivity index (χ0v) is 8.22. The first kappa shape index (κ1) is 11.5. The van der Waals surface area contributed by atoms with Gasteiger partial charge in [-0.15, -0.1) is 0 Å². The lowest BCUT2D eigenvalue weighted by atomic mass is 10.3. The number of carboxylic acid groups (broad SMARTS) is 1. The first-order valence-electron chi connectivity index (χ1n) is 4.52. The fourth-order valence-corrected chi connectivity index (χ4v) is 1.19. The molecule has 1 saturated heterocycles. The van der Waals surface area contributed by atoms with E-state index in [4.69, 9.17) is 14.6 Å². The van der Waals surface area contributed by atoms with E-state index < -0.39 is 18.2 Å². The fourth-order valence-electron chi connectivity index (χ4n) is 1.19. The van der Waals surface area contributed by atoms with Gasteiger partial charge in [0.05, 0.1) is 13.2 Å². The quantitative estimate of drug-likeness (QED) is 0.675. The Morgan fingerprint density at radius 3 is 3.00 bits per heavy atom. The molecule has 1 N–H and O–H groups in total. The van der Waals surface area contributed by atoms with Gasteiger partial charge < -0.3 is 19.5 Å². The standard InChI is InChI=1S/C9H13NO5/c1-2-4-15-9(13)10-3-5-14-7(6-10)8(11)12/h2,7H,1,3-6H2,(H,11,12)/t7-/m1/s1. The topological polar surface area (TPSA) is 76.1 Å². The summed E-state index contributed by atoms with van der Waals surface area (Å²) in [6.07, 6.45) is -0.0491. The SMILES string of the molecule is C=CCOC(=O)N1CCO[C@@H](C(=O)O)C1. The molecule has 0 bridgehead atoms. The summed E-state index contributed by atoms with van der Waals surface area (Å²) in [6, 6.07) is 0. The first-order valence-corrected chi connectivity index (χ1v) is 4.52. The predicted octanol–water partition coefficient (Wildman–Crippen LogP) is 0.0944. The number of aliphatic carboxylic acids is 1. The Labute approximate surface area is 87.1 Å². The molecule has 6 nitrogen and oxygen atoms in total. The Kier molecular flexibility index (Phi) is 4.11. The van der Waals surface area contributed by atoms with Gasteiger partial charge in [0.15, 0.2) is 6.10 Å². The Morgan fingerprint density at radius 1 is 1.67 bits per heavy atom. The van der Waals surface area contributed by atoms with Crippen LogP contribution in [0.5, 0.6) is 0 Å². The number of carboxylic acids is 1. The van der Waals surface area contributed by atoms with Gasteiger partial charge >= 0.3 is 12.1 Å². The van der Waals surface area contributed by atoms with Gasteiger partial charge in [0.2, 0.25) is 0 Å². The van der Waals surface area contributed by atoms with Crippen molar-refractivity contribution in [3.05, 3.63) is 12.7 Å². The number of hydrogen-bond acceptors (Lipinski definition) is 4. The van der Waals surface area contributed by atoms with Gasteiger partial charge in [-0.2, -0.15) is 0 Å². The van der Waals surface area contributed by atoms with Crippen molar-refractivity contribution in [2.45, 2.75) is 6.10 Å². The summed E-state index contributed by atoms with van der Waals surface area (Å²) in [5, 5.41) is 8.69. The third kappa shape index (κ3) is 3.25. The summed E-state index contributed by atoms with van der Waals surface area (Å²) in [7, 11) is 0. The number of ether oxygens (including phenoxy) is 2. The lowest BCUT2D eigenvalue weighted by Gasteiger charge is -2.29. The zero-order valence-electron chi connectivity index (χ0n) is 8.22. The van der Waals surface area contributed by atoms with Gasteiger partial charge in [-0.1, -0.05) is 12.7 Å². The van der Waals surface area contributed by atoms with Crippen molar-refractivity contribution >= 4 is 12.1 Å². The van der Waals surface area contributed by atoms with Gasteiger partial charge in [0.1, 0.15) is 6.61 Å². The molecule has 0 radical (unpaired) electrons. The molecule has 0 aromatic carbocycles. The lowest BCUT2D eigenvalue weighted by Crippen LogP contribution is -2.48. The minimum absolute atomic E-state index is 0.0192. The van der Waals surface area contributed by atoms with Crippen molar-refractivity contribution in [3.8, 4) is 0 Å². The number of rotatable bonds is 3. The van der Waals surface area contributed by atoms with E-state index in [1.54, 1.807) is 0 Å². The summed E-state index contributed by atoms with van der Waals surface area (Å²) < 4.78 is 9.73. The second-order valence-corrected chi connectivity index (χ2v) is 3.01. The van der Waals surface area contributed by atoms with E-state index in [0.29, 0.717) is 6.54 Å². The van der Waals surface area contributed by atoms with Crippen molar-refractivity contribution in [2.24, 2.45) is 0 Å². The van der Waals surface area contributed by atoms with Gasteiger partial charge in [0.25, 0.3) is 0 Å². The summed E-state index contributed by atoms with van der Waals surface area (Å²) in [5.74, 6) is -1.07. The molecule has 15 heavy (non-hydrogen) atoms. The second kappa shape index (κ2) is 5.35. The van der Waals surface area contributed by atoms with E-state index in [2.05, 4.69) is 6.58 Å². The van der Waals surface area contributed by atoms with Crippen molar-refractivity contribution in [1.29, 1.82) is 0 Å². The van der Waals surface area contributed by atoms with Crippen LogP contribution in [-0.4, -0.2) is 54.5 Å². The molecule has 0 saturated carbocycles. The second-order valence-electron chi connectivity index (χ2n) is 3.01. The number of amides is 1. The van der Waals surface area contributed by atoms with E-state index in [1.807, 2.05) is 0 Å². The highest BCUT2D eigenvalue weighted by Gasteiger charge is 2.29. The van der Waals surface area contributed by atoms with Crippen molar-refractivity contribution in [3.63, 3.8) is 0 Å². The summed E-state index contributed by atoms with van der Waals surface area (Å²) in [6.45, 7) is 4.10. The molecular weight excluding hydrogens is 202 g/mol. The van der Waals surface area contributed by atoms with E-state index in [-0.39, 0.29) is 19.8 Å². The predicted molar refractivity (Wildman–Crippen MR) is 50.5 cm³/mol. The minimum atomic E-state index is -1.07. The Hall–Kier alpha value is -1.56. The monoisotopic (exact) mass is 215 g/mol. The molecule has 1 amide bonds. The molecule has 1 aliphatic rings. The van der Waals surface area contributed by atoms with Gasteiger partial charge in [-0.3, -0.25) is 0 Å². The lowest BCUT2D eigenvalue weighted by molar-refractivity contribution is -0.155. The van der Waals surface area contributed by atoms with E-state index in [1.165, 1.54) is 11.0 Å². The molecule has 84 valence electrons. The Bertz CT molecular complexity index is 265. The maximum absolute atomic E-state index is 11.3. The van der Waals surface area contributed by atoms with Crippen LogP contribution < -0.4 is 0 Å². The minimum Gasteiger partial charge on any atom is -0.479 e. The normalized spacial score (nSPS) is 20.8. The molecule has 0 aromatic heterocycles. The van der Waals surface area contributed by atoms with Crippen LogP contribution in [0, 0.1) is 0 Å². The summed E-state index contributed by atoms with van der Waals surface area (Å²) >= 11 is 0. The highest BCUT2D eigenvalue weighted by atomic mass is 16.6. The highest BCUT2D eigenvalue weighted by molar-refractivity contribution is 5.74. The third-order valence-electron chi connectivity index (χ3n) is 1.92. The van der Waals surface area contributed by atoms with E-state index >= 15 is 0 Å². The van der Waals surface area contributed by atoms with Crippen LogP contribution >= 0.6 is 0 Å². The number of carbonyl (C=O) groups excluding carboxylic acids is 1. The Morgan fingerprint density at radius 2 is 2.40 bits per heavy atom. The maximum Gasteiger partial charge on any atom is 0.410 e. The fraction of sp³-hybridized carbons (Fsp3) is 0.556. The molecule has 0 unspecified atom stereocenters. The van der Waals surface area contributed by atoms with Crippen molar-refractivity contribution in [1.82, 2.24) is 4.90 Å². The van der Waals surface area contributed by atoms with Gasteiger partial charge in [-0.25, -0.2) is 9.59 Å². The molecule has 1 fully saturated rings. The van der Waals surface area contributed by atoms with Crippen LogP contribution in [-0.2, 0) is 14.3 Å². The zero-order chi connectivity index (χ0) is 11.3. The molecule has 0 aliphatic carbocycles. The Balaban J connectivity index is 2.44. The largest absolute Gasteiger partial charge is 0.479 e. The molecular formula is C9H13NO5. The first-order chi connectivity index (χ1) is 7.15.